The zero-order chi connectivity index (χ0) is 20.1. The molecule has 0 aliphatic carbocycles. The van der Waals surface area contributed by atoms with E-state index < -0.39 is 5.97 Å². The minimum atomic E-state index is -0.722. The molecule has 0 aliphatic heterocycles. The van der Waals surface area contributed by atoms with E-state index in [1.807, 2.05) is 18.2 Å². The third-order valence-corrected chi connectivity index (χ3v) is 5.48. The number of halogens is 1. The summed E-state index contributed by atoms with van der Waals surface area (Å²) in [5.41, 5.74) is 4.96. The van der Waals surface area contributed by atoms with Crippen LogP contribution in [0.25, 0.3) is 10.9 Å². The van der Waals surface area contributed by atoms with Crippen LogP contribution in [0.2, 0.25) is 5.02 Å². The highest BCUT2D eigenvalue weighted by molar-refractivity contribution is 6.30. The fraction of sp³-hybridized carbons (Fsp3) is 0.348. The summed E-state index contributed by atoms with van der Waals surface area (Å²) in [5.74, 6) is 0.128. The van der Waals surface area contributed by atoms with Gasteiger partial charge < -0.3 is 14.4 Å². The molecule has 5 heteroatoms. The minimum Gasteiger partial charge on any atom is -0.497 e. The maximum atomic E-state index is 10.7. The van der Waals surface area contributed by atoms with E-state index >= 15 is 0 Å². The molecule has 0 fully saturated rings. The molecule has 0 spiro atoms. The molecule has 3 aromatic rings. The third kappa shape index (κ3) is 4.68. The van der Waals surface area contributed by atoms with Gasteiger partial charge in [0.1, 0.15) is 5.75 Å². The Balaban J connectivity index is 1.89. The van der Waals surface area contributed by atoms with Crippen LogP contribution in [-0.2, 0) is 17.8 Å². The minimum absolute atomic E-state index is 0.241. The summed E-state index contributed by atoms with van der Waals surface area (Å²) in [5, 5.41) is 10.8. The molecule has 0 radical (unpaired) electrons. The predicted molar refractivity (Wildman–Crippen MR) is 114 cm³/mol. The summed E-state index contributed by atoms with van der Waals surface area (Å²) in [6, 6.07) is 14.2. The Morgan fingerprint density at radius 2 is 1.86 bits per heavy atom. The highest BCUT2D eigenvalue weighted by Gasteiger charge is 2.15. The van der Waals surface area contributed by atoms with Gasteiger partial charge in [0.25, 0.3) is 0 Å². The Hall–Kier alpha value is -2.46. The molecule has 1 heterocycles. The number of fused-ring (bicyclic) bond motifs is 1. The van der Waals surface area contributed by atoms with E-state index in [0.717, 1.165) is 43.0 Å². The van der Waals surface area contributed by atoms with Crippen LogP contribution in [-0.4, -0.2) is 22.8 Å². The lowest BCUT2D eigenvalue weighted by Gasteiger charge is -2.10. The molecule has 1 aromatic heterocycles. The lowest BCUT2D eigenvalue weighted by Crippen LogP contribution is -2.02. The Labute approximate surface area is 170 Å². The molecule has 3 rings (SSSR count). The maximum Gasteiger partial charge on any atom is 0.303 e. The van der Waals surface area contributed by atoms with Gasteiger partial charge in [-0.15, -0.1) is 0 Å². The van der Waals surface area contributed by atoms with Crippen LogP contribution >= 0.6 is 11.6 Å². The van der Waals surface area contributed by atoms with Crippen LogP contribution < -0.4 is 4.74 Å². The van der Waals surface area contributed by atoms with E-state index in [9.17, 15) is 4.79 Å². The summed E-state index contributed by atoms with van der Waals surface area (Å²) in [4.78, 5) is 10.7. The largest absolute Gasteiger partial charge is 0.497 e. The quantitative estimate of drug-likeness (QED) is 0.459. The van der Waals surface area contributed by atoms with E-state index in [1.165, 1.54) is 27.7 Å². The van der Waals surface area contributed by atoms with Gasteiger partial charge in [0.05, 0.1) is 7.11 Å². The number of unbranched alkanes of at least 4 members (excludes halogenated alkanes) is 2. The Morgan fingerprint density at radius 3 is 2.54 bits per heavy atom. The molecule has 2 aromatic carbocycles. The normalized spacial score (nSPS) is 11.1. The number of carboxylic acid groups (broad SMARTS) is 1. The van der Waals surface area contributed by atoms with Crippen molar-refractivity contribution in [2.75, 3.05) is 7.11 Å². The third-order valence-electron chi connectivity index (χ3n) is 5.23. The van der Waals surface area contributed by atoms with Gasteiger partial charge in [-0.2, -0.15) is 0 Å². The standard InChI is InChI=1S/C23H26ClNO3/c1-16-20(6-4-3-5-7-23(26)27)21-14-19(28-2)12-13-22(21)25(16)15-17-8-10-18(24)11-9-17/h8-14H,3-7,15H2,1-2H3,(H,26,27). The van der Waals surface area contributed by atoms with Gasteiger partial charge >= 0.3 is 5.97 Å². The van der Waals surface area contributed by atoms with Crippen molar-refractivity contribution in [3.05, 3.63) is 64.3 Å². The van der Waals surface area contributed by atoms with Crippen LogP contribution in [0.15, 0.2) is 42.5 Å². The molecular weight excluding hydrogens is 374 g/mol. The zero-order valence-electron chi connectivity index (χ0n) is 16.4. The summed E-state index contributed by atoms with van der Waals surface area (Å²) >= 11 is 6.02. The molecule has 0 unspecified atom stereocenters. The maximum absolute atomic E-state index is 10.7. The van der Waals surface area contributed by atoms with Gasteiger partial charge in [0, 0.05) is 34.6 Å². The van der Waals surface area contributed by atoms with Crippen molar-refractivity contribution >= 4 is 28.5 Å². The molecule has 0 saturated carbocycles. The van der Waals surface area contributed by atoms with Crippen LogP contribution in [0.3, 0.4) is 0 Å². The van der Waals surface area contributed by atoms with E-state index in [4.69, 9.17) is 21.4 Å². The van der Waals surface area contributed by atoms with E-state index in [0.29, 0.717) is 0 Å². The second-order valence-electron chi connectivity index (χ2n) is 7.11. The molecule has 0 amide bonds. The first-order valence-corrected chi connectivity index (χ1v) is 9.99. The fourth-order valence-electron chi connectivity index (χ4n) is 3.70. The van der Waals surface area contributed by atoms with E-state index in [-0.39, 0.29) is 6.42 Å². The topological polar surface area (TPSA) is 51.5 Å². The molecule has 1 N–H and O–H groups in total. The van der Waals surface area contributed by atoms with Gasteiger partial charge in [-0.25, -0.2) is 0 Å². The number of ether oxygens (including phenoxy) is 1. The fourth-order valence-corrected chi connectivity index (χ4v) is 3.83. The van der Waals surface area contributed by atoms with Crippen LogP contribution in [0.4, 0.5) is 0 Å². The first-order chi connectivity index (χ1) is 13.5. The average molecular weight is 400 g/mol. The van der Waals surface area contributed by atoms with Gasteiger partial charge in [-0.3, -0.25) is 4.79 Å². The molecule has 4 nitrogen and oxygen atoms in total. The number of hydrogen-bond donors (Lipinski definition) is 1. The van der Waals surface area contributed by atoms with Crippen LogP contribution in [0.5, 0.6) is 5.75 Å². The number of hydrogen-bond acceptors (Lipinski definition) is 2. The van der Waals surface area contributed by atoms with Crippen LogP contribution in [0, 0.1) is 6.92 Å². The number of carboxylic acids is 1. The smallest absolute Gasteiger partial charge is 0.303 e. The Bertz CT molecular complexity index is 960. The van der Waals surface area contributed by atoms with E-state index in [2.05, 4.69) is 35.8 Å². The van der Waals surface area contributed by atoms with Crippen molar-refractivity contribution in [1.29, 1.82) is 0 Å². The van der Waals surface area contributed by atoms with Gasteiger partial charge in [0.15, 0.2) is 0 Å². The van der Waals surface area contributed by atoms with Crippen molar-refractivity contribution in [3.8, 4) is 5.75 Å². The van der Waals surface area contributed by atoms with Crippen molar-refractivity contribution in [2.24, 2.45) is 0 Å². The second kappa shape index (κ2) is 9.16. The number of carbonyl (C=O) groups is 1. The number of aliphatic carboxylic acids is 1. The lowest BCUT2D eigenvalue weighted by atomic mass is 10.0. The first-order valence-electron chi connectivity index (χ1n) is 9.61. The molecule has 148 valence electrons. The SMILES string of the molecule is COc1ccc2c(c1)c(CCCCCC(=O)O)c(C)n2Cc1ccc(Cl)cc1. The average Bonchev–Trinajstić information content (AvgIpc) is 2.94. The highest BCUT2D eigenvalue weighted by atomic mass is 35.5. The van der Waals surface area contributed by atoms with Gasteiger partial charge in [-0.1, -0.05) is 30.2 Å². The molecular formula is C23H26ClNO3. The van der Waals surface area contributed by atoms with Crippen LogP contribution in [0.1, 0.15) is 42.5 Å². The molecule has 0 aliphatic rings. The summed E-state index contributed by atoms with van der Waals surface area (Å²) in [6.07, 6.45) is 3.79. The summed E-state index contributed by atoms with van der Waals surface area (Å²) < 4.78 is 7.78. The van der Waals surface area contributed by atoms with Gasteiger partial charge in [0.2, 0.25) is 0 Å². The molecule has 0 atom stereocenters. The first kappa shape index (κ1) is 20.3. The van der Waals surface area contributed by atoms with E-state index in [1.54, 1.807) is 7.11 Å². The van der Waals surface area contributed by atoms with Gasteiger partial charge in [-0.05, 0) is 67.6 Å². The predicted octanol–water partition coefficient (Wildman–Crippen LogP) is 5.85. The monoisotopic (exact) mass is 399 g/mol. The molecule has 0 saturated heterocycles. The Morgan fingerprint density at radius 1 is 1.11 bits per heavy atom. The highest BCUT2D eigenvalue weighted by Crippen LogP contribution is 2.31. The number of rotatable bonds is 9. The van der Waals surface area contributed by atoms with Crippen molar-refractivity contribution in [2.45, 2.75) is 45.6 Å². The second-order valence-corrected chi connectivity index (χ2v) is 7.55. The van der Waals surface area contributed by atoms with Crippen molar-refractivity contribution < 1.29 is 14.6 Å². The zero-order valence-corrected chi connectivity index (χ0v) is 17.1. The van der Waals surface area contributed by atoms with Crippen molar-refractivity contribution in [1.82, 2.24) is 4.57 Å². The molecule has 28 heavy (non-hydrogen) atoms. The number of nitrogens with zero attached hydrogens (tertiary/aromatic N) is 1. The number of benzene rings is 2. The summed E-state index contributed by atoms with van der Waals surface area (Å²) in [7, 11) is 1.68. The number of methoxy groups -OCH3 is 1. The number of aromatic nitrogens is 1. The Kier molecular flexibility index (Phi) is 6.63. The lowest BCUT2D eigenvalue weighted by molar-refractivity contribution is -0.137. The number of aryl methyl sites for hydroxylation is 1. The molecule has 0 bridgehead atoms. The van der Waals surface area contributed by atoms with Crippen molar-refractivity contribution in [3.63, 3.8) is 0 Å². The summed E-state index contributed by atoms with van der Waals surface area (Å²) in [6.45, 7) is 2.94.